The number of aromatic nitrogens is 2. The average Bonchev–Trinajstić information content (AvgIpc) is 3.25. The molecule has 3 aromatic rings. The Balaban J connectivity index is 1.41. The molecule has 0 amide bonds. The minimum absolute atomic E-state index is 0.0576. The first kappa shape index (κ1) is 21.3. The predicted octanol–water partition coefficient (Wildman–Crippen LogP) is 3.28. The van der Waals surface area contributed by atoms with Crippen molar-refractivity contribution in [3.63, 3.8) is 0 Å². The van der Waals surface area contributed by atoms with Crippen LogP contribution < -0.4 is 10.5 Å². The number of hydrogen-bond donors (Lipinski definition) is 2. The SMILES string of the molecule is Cn1cc2c(n1)C(F)(F)C=S2(=O)NCc1ccc2c(c1)C(Cc1ccccc1)C(N)CC2. The first-order chi connectivity index (χ1) is 15.2. The Bertz CT molecular complexity index is 1280. The minimum atomic E-state index is -3.32. The summed E-state index contributed by atoms with van der Waals surface area (Å²) in [6.07, 6.45) is 4.11. The molecule has 0 spiro atoms. The van der Waals surface area contributed by atoms with Gasteiger partial charge in [0.1, 0.15) is 0 Å². The molecule has 2 aliphatic rings. The summed E-state index contributed by atoms with van der Waals surface area (Å²) in [5, 5.41) is 4.41. The highest BCUT2D eigenvalue weighted by Crippen LogP contribution is 2.37. The molecule has 1 aliphatic carbocycles. The van der Waals surface area contributed by atoms with Gasteiger partial charge in [-0.3, -0.25) is 4.68 Å². The van der Waals surface area contributed by atoms with E-state index in [2.05, 4.69) is 34.1 Å². The molecule has 3 N–H and O–H groups in total. The maximum absolute atomic E-state index is 14.3. The molecule has 2 aromatic carbocycles. The molecule has 3 atom stereocenters. The van der Waals surface area contributed by atoms with Crippen LogP contribution in [0.5, 0.6) is 0 Å². The number of nitrogens with zero attached hydrogens (tertiary/aromatic N) is 2. The Morgan fingerprint density at radius 2 is 2.00 bits per heavy atom. The van der Waals surface area contributed by atoms with Crippen LogP contribution in [0.2, 0.25) is 0 Å². The van der Waals surface area contributed by atoms with Crippen molar-refractivity contribution in [3.05, 3.63) is 82.7 Å². The molecule has 168 valence electrons. The topological polar surface area (TPSA) is 72.9 Å². The van der Waals surface area contributed by atoms with E-state index < -0.39 is 21.3 Å². The van der Waals surface area contributed by atoms with Crippen molar-refractivity contribution in [2.24, 2.45) is 12.8 Å². The third-order valence-electron chi connectivity index (χ3n) is 6.41. The van der Waals surface area contributed by atoms with Crippen molar-refractivity contribution in [1.29, 1.82) is 0 Å². The number of nitrogens with two attached hydrogens (primary N) is 1. The summed E-state index contributed by atoms with van der Waals surface area (Å²) >= 11 is 0. The fourth-order valence-electron chi connectivity index (χ4n) is 4.77. The molecule has 3 unspecified atom stereocenters. The van der Waals surface area contributed by atoms with Crippen molar-refractivity contribution in [2.45, 2.75) is 48.6 Å². The van der Waals surface area contributed by atoms with Gasteiger partial charge in [0.2, 0.25) is 0 Å². The van der Waals surface area contributed by atoms with E-state index in [9.17, 15) is 13.0 Å². The van der Waals surface area contributed by atoms with Crippen molar-refractivity contribution in [3.8, 4) is 0 Å². The molecule has 5 rings (SSSR count). The lowest BCUT2D eigenvalue weighted by molar-refractivity contribution is 0.0774. The summed E-state index contributed by atoms with van der Waals surface area (Å²) in [4.78, 5) is 0.0620. The van der Waals surface area contributed by atoms with Crippen molar-refractivity contribution < 1.29 is 13.0 Å². The first-order valence-corrected chi connectivity index (χ1v) is 12.4. The number of fused-ring (bicyclic) bond motifs is 2. The van der Waals surface area contributed by atoms with Crippen LogP contribution in [0.3, 0.4) is 0 Å². The van der Waals surface area contributed by atoms with Crippen molar-refractivity contribution in [1.82, 2.24) is 14.5 Å². The summed E-state index contributed by atoms with van der Waals surface area (Å²) in [6, 6.07) is 16.5. The molecule has 5 nitrogen and oxygen atoms in total. The maximum atomic E-state index is 14.3. The zero-order chi connectivity index (χ0) is 22.5. The number of rotatable bonds is 5. The lowest BCUT2D eigenvalue weighted by Gasteiger charge is -2.32. The molecule has 2 heterocycles. The smallest absolute Gasteiger partial charge is 0.320 e. The van der Waals surface area contributed by atoms with E-state index in [1.54, 1.807) is 7.05 Å². The highest BCUT2D eigenvalue weighted by Gasteiger charge is 2.45. The Labute approximate surface area is 186 Å². The summed E-state index contributed by atoms with van der Waals surface area (Å²) < 4.78 is 46.2. The van der Waals surface area contributed by atoms with E-state index in [4.69, 9.17) is 5.73 Å². The third kappa shape index (κ3) is 3.76. The second-order valence-electron chi connectivity index (χ2n) is 8.71. The molecule has 0 bridgehead atoms. The van der Waals surface area contributed by atoms with Crippen LogP contribution in [0.1, 0.15) is 40.3 Å². The van der Waals surface area contributed by atoms with Gasteiger partial charge >= 0.3 is 5.92 Å². The van der Waals surface area contributed by atoms with E-state index >= 15 is 0 Å². The van der Waals surface area contributed by atoms with Gasteiger partial charge in [-0.15, -0.1) is 0 Å². The molecule has 1 aromatic heterocycles. The van der Waals surface area contributed by atoms with Gasteiger partial charge in [-0.2, -0.15) is 13.9 Å². The van der Waals surface area contributed by atoms with Gasteiger partial charge in [0, 0.05) is 31.7 Å². The normalized spacial score (nSPS) is 25.8. The van der Waals surface area contributed by atoms with Crippen LogP contribution in [-0.2, 0) is 42.1 Å². The number of benzene rings is 2. The Morgan fingerprint density at radius 3 is 2.78 bits per heavy atom. The van der Waals surface area contributed by atoms with E-state index in [0.29, 0.717) is 5.37 Å². The summed E-state index contributed by atoms with van der Waals surface area (Å²) in [5.41, 5.74) is 10.7. The third-order valence-corrected chi connectivity index (χ3v) is 8.57. The molecule has 1 aliphatic heterocycles. The monoisotopic (exact) mass is 456 g/mol. The number of aryl methyl sites for hydroxylation is 2. The molecule has 0 radical (unpaired) electrons. The van der Waals surface area contributed by atoms with Gasteiger partial charge in [-0.25, -0.2) is 8.93 Å². The van der Waals surface area contributed by atoms with E-state index in [-0.39, 0.29) is 23.4 Å². The van der Waals surface area contributed by atoms with Crippen molar-refractivity contribution >= 4 is 15.1 Å². The first-order valence-electron chi connectivity index (χ1n) is 10.7. The quantitative estimate of drug-likeness (QED) is 0.579. The van der Waals surface area contributed by atoms with Crippen LogP contribution >= 0.6 is 0 Å². The van der Waals surface area contributed by atoms with Crippen molar-refractivity contribution in [2.75, 3.05) is 0 Å². The summed E-state index contributed by atoms with van der Waals surface area (Å²) in [6.45, 7) is 0.209. The molecule has 0 saturated carbocycles. The lowest BCUT2D eigenvalue weighted by Crippen LogP contribution is -2.34. The number of nitrogens with one attached hydrogen (secondary N) is 1. The van der Waals surface area contributed by atoms with E-state index in [1.807, 2.05) is 24.3 Å². The zero-order valence-corrected chi connectivity index (χ0v) is 18.6. The van der Waals surface area contributed by atoms with Gasteiger partial charge in [-0.05, 0) is 41.5 Å². The molecule has 8 heteroatoms. The summed E-state index contributed by atoms with van der Waals surface area (Å²) in [5.74, 6) is -3.13. The fourth-order valence-corrected chi connectivity index (χ4v) is 6.82. The van der Waals surface area contributed by atoms with Crippen LogP contribution in [0.25, 0.3) is 0 Å². The number of halogens is 2. The predicted molar refractivity (Wildman–Crippen MR) is 122 cm³/mol. The Morgan fingerprint density at radius 1 is 1.22 bits per heavy atom. The van der Waals surface area contributed by atoms with Gasteiger partial charge in [0.25, 0.3) is 0 Å². The molecule has 0 saturated heterocycles. The second kappa shape index (κ2) is 7.79. The van der Waals surface area contributed by atoms with Gasteiger partial charge in [0.05, 0.1) is 20.0 Å². The van der Waals surface area contributed by atoms with Gasteiger partial charge < -0.3 is 5.73 Å². The van der Waals surface area contributed by atoms with Crippen LogP contribution in [0.4, 0.5) is 8.78 Å². The molecule has 32 heavy (non-hydrogen) atoms. The number of alkyl halides is 2. The van der Waals surface area contributed by atoms with Crippen LogP contribution in [0, 0.1) is 0 Å². The fraction of sp³-hybridized carbons (Fsp3) is 0.333. The number of hydrogen-bond acceptors (Lipinski definition) is 3. The highest BCUT2D eigenvalue weighted by atomic mass is 32.2. The van der Waals surface area contributed by atoms with Crippen LogP contribution in [-0.4, -0.2) is 25.4 Å². The second-order valence-corrected chi connectivity index (χ2v) is 10.9. The Kier molecular flexibility index (Phi) is 5.19. The van der Waals surface area contributed by atoms with Gasteiger partial charge in [-0.1, -0.05) is 48.5 Å². The van der Waals surface area contributed by atoms with E-state index in [1.165, 1.54) is 27.6 Å². The zero-order valence-electron chi connectivity index (χ0n) is 17.8. The standard InChI is InChI=1S/C24H26F2N4OS/c1-30-14-22-23(29-30)24(25,26)15-32(22,31)28-13-17-7-8-18-9-10-21(27)20(19(18)12-17)11-16-5-3-2-4-6-16/h2-8,12,14-15,20-21H,9-11,13,27H2,1H3,(H,28,31). The molecular formula is C24H26F2N4OS. The van der Waals surface area contributed by atoms with E-state index in [0.717, 1.165) is 24.8 Å². The van der Waals surface area contributed by atoms with Gasteiger partial charge in [0.15, 0.2) is 5.69 Å². The molecule has 0 fully saturated rings. The summed E-state index contributed by atoms with van der Waals surface area (Å²) in [7, 11) is -1.68. The highest BCUT2D eigenvalue weighted by molar-refractivity contribution is 8.00. The van der Waals surface area contributed by atoms with Crippen LogP contribution in [0.15, 0.2) is 59.6 Å². The maximum Gasteiger partial charge on any atom is 0.320 e. The largest absolute Gasteiger partial charge is 0.327 e. The lowest BCUT2D eigenvalue weighted by atomic mass is 9.76. The minimum Gasteiger partial charge on any atom is -0.327 e. The average molecular weight is 457 g/mol. The Hall–Kier alpha value is -2.55. The molecular weight excluding hydrogens is 430 g/mol.